The molecule has 1 aliphatic rings. The van der Waals surface area contributed by atoms with E-state index < -0.39 is 0 Å². The molecule has 0 bridgehead atoms. The van der Waals surface area contributed by atoms with Crippen LogP contribution >= 0.6 is 0 Å². The van der Waals surface area contributed by atoms with E-state index in [1.165, 1.54) is 24.1 Å². The lowest BCUT2D eigenvalue weighted by Crippen LogP contribution is -2.30. The van der Waals surface area contributed by atoms with Gasteiger partial charge in [0.25, 0.3) is 0 Å². The highest BCUT2D eigenvalue weighted by Gasteiger charge is 2.25. The SMILES string of the molecule is CCc1nn(C)cc1CNCCN(C)C1CC1. The van der Waals surface area contributed by atoms with Crippen molar-refractivity contribution in [1.29, 1.82) is 0 Å². The molecule has 0 saturated heterocycles. The Hall–Kier alpha value is -0.870. The lowest BCUT2D eigenvalue weighted by atomic mass is 10.2. The molecular weight excluding hydrogens is 212 g/mol. The van der Waals surface area contributed by atoms with Crippen molar-refractivity contribution in [2.24, 2.45) is 7.05 Å². The van der Waals surface area contributed by atoms with E-state index in [9.17, 15) is 0 Å². The van der Waals surface area contributed by atoms with Gasteiger partial charge in [0.2, 0.25) is 0 Å². The molecule has 1 saturated carbocycles. The van der Waals surface area contributed by atoms with Crippen LogP contribution in [0.5, 0.6) is 0 Å². The Morgan fingerprint density at radius 2 is 2.29 bits per heavy atom. The monoisotopic (exact) mass is 236 g/mol. The Labute approximate surface area is 104 Å². The van der Waals surface area contributed by atoms with E-state index in [1.54, 1.807) is 0 Å². The van der Waals surface area contributed by atoms with Gasteiger partial charge in [0, 0.05) is 44.5 Å². The minimum atomic E-state index is 0.862. The van der Waals surface area contributed by atoms with Crippen LogP contribution in [-0.4, -0.2) is 40.9 Å². The number of nitrogens with one attached hydrogen (secondary N) is 1. The van der Waals surface area contributed by atoms with Crippen molar-refractivity contribution in [3.05, 3.63) is 17.5 Å². The molecule has 0 spiro atoms. The standard InChI is InChI=1S/C13H24N4/c1-4-13-11(10-17(3)15-13)9-14-7-8-16(2)12-5-6-12/h10,12,14H,4-9H2,1-3H3. The molecular formula is C13H24N4. The highest BCUT2D eigenvalue weighted by Crippen LogP contribution is 2.24. The van der Waals surface area contributed by atoms with Crippen LogP contribution in [0.15, 0.2) is 6.20 Å². The predicted molar refractivity (Wildman–Crippen MR) is 69.9 cm³/mol. The van der Waals surface area contributed by atoms with E-state index >= 15 is 0 Å². The first-order chi connectivity index (χ1) is 8.20. The number of rotatable bonds is 7. The average Bonchev–Trinajstić information content (AvgIpc) is 3.09. The van der Waals surface area contributed by atoms with Gasteiger partial charge in [0.05, 0.1) is 5.69 Å². The molecule has 0 amide bonds. The van der Waals surface area contributed by atoms with Crippen LogP contribution in [0.1, 0.15) is 31.0 Å². The molecule has 1 heterocycles. The summed E-state index contributed by atoms with van der Waals surface area (Å²) < 4.78 is 1.91. The molecule has 1 aromatic heterocycles. The third-order valence-corrected chi connectivity index (χ3v) is 3.45. The molecule has 0 unspecified atom stereocenters. The first-order valence-electron chi connectivity index (χ1n) is 6.63. The van der Waals surface area contributed by atoms with Crippen LogP contribution in [0.2, 0.25) is 0 Å². The summed E-state index contributed by atoms with van der Waals surface area (Å²) in [6.45, 7) is 5.31. The molecule has 0 aromatic carbocycles. The number of aryl methyl sites for hydroxylation is 2. The van der Waals surface area contributed by atoms with Crippen molar-refractivity contribution in [2.45, 2.75) is 38.8 Å². The van der Waals surface area contributed by atoms with Gasteiger partial charge >= 0.3 is 0 Å². The molecule has 1 aromatic rings. The van der Waals surface area contributed by atoms with Crippen LogP contribution in [0.3, 0.4) is 0 Å². The molecule has 1 N–H and O–H groups in total. The van der Waals surface area contributed by atoms with Gasteiger partial charge in [-0.3, -0.25) is 4.68 Å². The number of aromatic nitrogens is 2. The normalized spacial score (nSPS) is 15.8. The Morgan fingerprint density at radius 3 is 2.94 bits per heavy atom. The third kappa shape index (κ3) is 3.54. The van der Waals surface area contributed by atoms with E-state index in [1.807, 2.05) is 11.7 Å². The zero-order chi connectivity index (χ0) is 12.3. The summed E-state index contributed by atoms with van der Waals surface area (Å²) in [5, 5.41) is 7.96. The highest BCUT2D eigenvalue weighted by atomic mass is 15.3. The number of nitrogens with zero attached hydrogens (tertiary/aromatic N) is 3. The van der Waals surface area contributed by atoms with Crippen molar-refractivity contribution in [3.8, 4) is 0 Å². The van der Waals surface area contributed by atoms with Crippen LogP contribution in [-0.2, 0) is 20.0 Å². The second kappa shape index (κ2) is 5.65. The van der Waals surface area contributed by atoms with E-state index in [-0.39, 0.29) is 0 Å². The van der Waals surface area contributed by atoms with Gasteiger partial charge in [-0.2, -0.15) is 5.10 Å². The van der Waals surface area contributed by atoms with Crippen molar-refractivity contribution in [3.63, 3.8) is 0 Å². The fourth-order valence-electron chi connectivity index (χ4n) is 2.21. The maximum Gasteiger partial charge on any atom is 0.0666 e. The summed E-state index contributed by atoms with van der Waals surface area (Å²) in [6.07, 6.45) is 5.91. The largest absolute Gasteiger partial charge is 0.311 e. The molecule has 2 rings (SSSR count). The molecule has 0 radical (unpaired) electrons. The molecule has 4 nitrogen and oxygen atoms in total. The van der Waals surface area contributed by atoms with E-state index in [4.69, 9.17) is 0 Å². The van der Waals surface area contributed by atoms with Crippen molar-refractivity contribution < 1.29 is 0 Å². The van der Waals surface area contributed by atoms with Gasteiger partial charge in [-0.15, -0.1) is 0 Å². The Kier molecular flexibility index (Phi) is 4.18. The summed E-state index contributed by atoms with van der Waals surface area (Å²) in [7, 11) is 4.21. The summed E-state index contributed by atoms with van der Waals surface area (Å²) >= 11 is 0. The van der Waals surface area contributed by atoms with Crippen molar-refractivity contribution in [1.82, 2.24) is 20.0 Å². The van der Waals surface area contributed by atoms with Crippen LogP contribution < -0.4 is 5.32 Å². The highest BCUT2D eigenvalue weighted by molar-refractivity contribution is 5.16. The Bertz CT molecular complexity index is 354. The molecule has 4 heteroatoms. The van der Waals surface area contributed by atoms with E-state index in [0.717, 1.165) is 32.1 Å². The van der Waals surface area contributed by atoms with Gasteiger partial charge in [0.15, 0.2) is 0 Å². The second-order valence-corrected chi connectivity index (χ2v) is 5.02. The minimum absolute atomic E-state index is 0.862. The smallest absolute Gasteiger partial charge is 0.0666 e. The average molecular weight is 236 g/mol. The quantitative estimate of drug-likeness (QED) is 0.721. The van der Waals surface area contributed by atoms with Crippen LogP contribution in [0, 0.1) is 0 Å². The van der Waals surface area contributed by atoms with E-state index in [2.05, 4.69) is 35.5 Å². The molecule has 1 fully saturated rings. The molecule has 0 aliphatic heterocycles. The number of hydrogen-bond acceptors (Lipinski definition) is 3. The summed E-state index contributed by atoms with van der Waals surface area (Å²) in [5.41, 5.74) is 2.56. The van der Waals surface area contributed by atoms with E-state index in [0.29, 0.717) is 0 Å². The van der Waals surface area contributed by atoms with Crippen LogP contribution in [0.4, 0.5) is 0 Å². The van der Waals surface area contributed by atoms with Gasteiger partial charge in [-0.25, -0.2) is 0 Å². The van der Waals surface area contributed by atoms with Crippen molar-refractivity contribution >= 4 is 0 Å². The maximum absolute atomic E-state index is 4.45. The molecule has 96 valence electrons. The van der Waals surface area contributed by atoms with Crippen molar-refractivity contribution in [2.75, 3.05) is 20.1 Å². The fraction of sp³-hybridized carbons (Fsp3) is 0.769. The fourth-order valence-corrected chi connectivity index (χ4v) is 2.21. The zero-order valence-electron chi connectivity index (χ0n) is 11.2. The zero-order valence-corrected chi connectivity index (χ0v) is 11.2. The maximum atomic E-state index is 4.45. The minimum Gasteiger partial charge on any atom is -0.311 e. The second-order valence-electron chi connectivity index (χ2n) is 5.02. The summed E-state index contributed by atoms with van der Waals surface area (Å²) in [6, 6.07) is 0.862. The first-order valence-corrected chi connectivity index (χ1v) is 6.63. The van der Waals surface area contributed by atoms with Gasteiger partial charge in [-0.1, -0.05) is 6.92 Å². The predicted octanol–water partition coefficient (Wildman–Crippen LogP) is 1.17. The number of likely N-dealkylation sites (N-methyl/N-ethyl adjacent to an activating group) is 1. The third-order valence-electron chi connectivity index (χ3n) is 3.45. The van der Waals surface area contributed by atoms with Crippen LogP contribution in [0.25, 0.3) is 0 Å². The molecule has 1 aliphatic carbocycles. The topological polar surface area (TPSA) is 33.1 Å². The van der Waals surface area contributed by atoms with Gasteiger partial charge in [-0.05, 0) is 26.3 Å². The summed E-state index contributed by atoms with van der Waals surface area (Å²) in [5.74, 6) is 0. The Morgan fingerprint density at radius 1 is 1.53 bits per heavy atom. The Balaban J connectivity index is 1.69. The molecule has 17 heavy (non-hydrogen) atoms. The van der Waals surface area contributed by atoms with Gasteiger partial charge in [0.1, 0.15) is 0 Å². The first kappa shape index (κ1) is 12.6. The lowest BCUT2D eigenvalue weighted by molar-refractivity contribution is 0.321. The van der Waals surface area contributed by atoms with Gasteiger partial charge < -0.3 is 10.2 Å². The summed E-state index contributed by atoms with van der Waals surface area (Å²) in [4.78, 5) is 2.46. The number of hydrogen-bond donors (Lipinski definition) is 1. The molecule has 0 atom stereocenters. The lowest BCUT2D eigenvalue weighted by Gasteiger charge is -2.15.